The molecule has 6 heteroatoms. The Hall–Kier alpha value is -2.89. The second-order valence-corrected chi connectivity index (χ2v) is 3.97. The van der Waals surface area contributed by atoms with Gasteiger partial charge in [-0.1, -0.05) is 30.3 Å². The van der Waals surface area contributed by atoms with Gasteiger partial charge in [0.2, 0.25) is 0 Å². The van der Waals surface area contributed by atoms with Gasteiger partial charge in [0, 0.05) is 18.0 Å². The van der Waals surface area contributed by atoms with Crippen molar-refractivity contribution in [2.45, 2.75) is 0 Å². The number of hydrogen-bond donors (Lipinski definition) is 2. The Kier molecular flexibility index (Phi) is 2.60. The molecule has 1 aromatic carbocycles. The van der Waals surface area contributed by atoms with Gasteiger partial charge in [0.25, 0.3) is 5.56 Å². The van der Waals surface area contributed by atoms with Crippen molar-refractivity contribution in [2.24, 2.45) is 0 Å². The fourth-order valence-electron chi connectivity index (χ4n) is 1.84. The Balaban J connectivity index is 2.19. The number of nitrogen functional groups attached to an aromatic ring is 1. The molecule has 0 aliphatic rings. The van der Waals surface area contributed by atoms with Gasteiger partial charge in [-0.3, -0.25) is 14.9 Å². The molecule has 2 heterocycles. The van der Waals surface area contributed by atoms with Crippen LogP contribution in [-0.2, 0) is 0 Å². The van der Waals surface area contributed by atoms with Crippen LogP contribution in [0.5, 0.6) is 0 Å². The summed E-state index contributed by atoms with van der Waals surface area (Å²) < 4.78 is 1.28. The third kappa shape index (κ3) is 1.89. The van der Waals surface area contributed by atoms with E-state index >= 15 is 0 Å². The molecule has 0 amide bonds. The molecule has 0 saturated heterocycles. The van der Waals surface area contributed by atoms with E-state index in [2.05, 4.69) is 15.1 Å². The van der Waals surface area contributed by atoms with Gasteiger partial charge in [0.05, 0.1) is 11.9 Å². The van der Waals surface area contributed by atoms with Crippen LogP contribution in [0.3, 0.4) is 0 Å². The number of hydrogen-bond acceptors (Lipinski definition) is 4. The van der Waals surface area contributed by atoms with Gasteiger partial charge in [-0.05, 0) is 0 Å². The molecular weight excluding hydrogens is 242 g/mol. The quantitative estimate of drug-likeness (QED) is 0.718. The number of anilines is 1. The molecule has 0 radical (unpaired) electrons. The Labute approximate surface area is 108 Å². The van der Waals surface area contributed by atoms with Crippen molar-refractivity contribution in [1.29, 1.82) is 0 Å². The first-order valence-electron chi connectivity index (χ1n) is 5.69. The van der Waals surface area contributed by atoms with Gasteiger partial charge in [0.1, 0.15) is 5.69 Å². The van der Waals surface area contributed by atoms with Gasteiger partial charge < -0.3 is 5.73 Å². The molecule has 2 aromatic heterocycles. The van der Waals surface area contributed by atoms with E-state index in [-0.39, 0.29) is 11.2 Å². The smallest absolute Gasteiger partial charge is 0.296 e. The maximum atomic E-state index is 12.1. The Morgan fingerprint density at radius 3 is 2.63 bits per heavy atom. The SMILES string of the molecule is Nc1c(-c2ccccc2)[nH]n(-c2cnccn2)c1=O. The van der Waals surface area contributed by atoms with Crippen LogP contribution < -0.4 is 11.3 Å². The number of aromatic amines is 1. The highest BCUT2D eigenvalue weighted by Gasteiger charge is 2.14. The van der Waals surface area contributed by atoms with Crippen molar-refractivity contribution in [2.75, 3.05) is 5.73 Å². The van der Waals surface area contributed by atoms with E-state index < -0.39 is 0 Å². The van der Waals surface area contributed by atoms with Crippen molar-refractivity contribution in [3.63, 3.8) is 0 Å². The fraction of sp³-hybridized carbons (Fsp3) is 0. The van der Waals surface area contributed by atoms with E-state index in [1.165, 1.54) is 17.1 Å². The number of nitrogens with two attached hydrogens (primary N) is 1. The summed E-state index contributed by atoms with van der Waals surface area (Å²) in [5.74, 6) is 0.404. The Bertz CT molecular complexity index is 746. The summed E-state index contributed by atoms with van der Waals surface area (Å²) in [7, 11) is 0. The molecule has 0 atom stereocenters. The van der Waals surface area contributed by atoms with E-state index in [0.29, 0.717) is 11.5 Å². The monoisotopic (exact) mass is 253 g/mol. The molecular formula is C13H11N5O. The van der Waals surface area contributed by atoms with Crippen molar-refractivity contribution in [1.82, 2.24) is 19.7 Å². The molecule has 0 aliphatic heterocycles. The summed E-state index contributed by atoms with van der Waals surface area (Å²) in [5.41, 5.74) is 7.12. The lowest BCUT2D eigenvalue weighted by molar-refractivity contribution is 0.814. The van der Waals surface area contributed by atoms with Crippen LogP contribution in [0.15, 0.2) is 53.7 Å². The molecule has 0 fully saturated rings. The molecule has 0 unspecified atom stereocenters. The summed E-state index contributed by atoms with van der Waals surface area (Å²) in [5, 5.41) is 2.96. The summed E-state index contributed by atoms with van der Waals surface area (Å²) in [6, 6.07) is 9.42. The fourth-order valence-corrected chi connectivity index (χ4v) is 1.84. The summed E-state index contributed by atoms with van der Waals surface area (Å²) in [4.78, 5) is 20.1. The molecule has 3 rings (SSSR count). The largest absolute Gasteiger partial charge is 0.392 e. The Morgan fingerprint density at radius 2 is 1.95 bits per heavy atom. The van der Waals surface area contributed by atoms with E-state index in [1.807, 2.05) is 30.3 Å². The predicted molar refractivity (Wildman–Crippen MR) is 71.8 cm³/mol. The highest BCUT2D eigenvalue weighted by atomic mass is 16.1. The molecule has 0 spiro atoms. The predicted octanol–water partition coefficient (Wildman–Crippen LogP) is 1.20. The average molecular weight is 253 g/mol. The van der Waals surface area contributed by atoms with Crippen LogP contribution in [-0.4, -0.2) is 19.7 Å². The molecule has 6 nitrogen and oxygen atoms in total. The maximum absolute atomic E-state index is 12.1. The number of benzene rings is 1. The van der Waals surface area contributed by atoms with Crippen molar-refractivity contribution >= 4 is 5.69 Å². The van der Waals surface area contributed by atoms with Crippen LogP contribution in [0.4, 0.5) is 5.69 Å². The number of H-pyrrole nitrogens is 1. The van der Waals surface area contributed by atoms with Crippen LogP contribution in [0, 0.1) is 0 Å². The standard InChI is InChI=1S/C13H11N5O/c14-11-12(9-4-2-1-3-5-9)17-18(13(11)19)10-8-15-6-7-16-10/h1-8,17H,14H2. The summed E-state index contributed by atoms with van der Waals surface area (Å²) >= 11 is 0. The van der Waals surface area contributed by atoms with E-state index in [1.54, 1.807) is 6.20 Å². The van der Waals surface area contributed by atoms with Crippen LogP contribution in [0.2, 0.25) is 0 Å². The molecule has 0 bridgehead atoms. The lowest BCUT2D eigenvalue weighted by Gasteiger charge is -2.00. The van der Waals surface area contributed by atoms with Crippen LogP contribution in [0.1, 0.15) is 0 Å². The van der Waals surface area contributed by atoms with Gasteiger partial charge in [-0.15, -0.1) is 0 Å². The first kappa shape index (κ1) is 11.2. The third-order valence-corrected chi connectivity index (χ3v) is 2.77. The van der Waals surface area contributed by atoms with Gasteiger partial charge >= 0.3 is 0 Å². The maximum Gasteiger partial charge on any atom is 0.296 e. The number of rotatable bonds is 2. The molecule has 0 saturated carbocycles. The Morgan fingerprint density at radius 1 is 1.16 bits per heavy atom. The van der Waals surface area contributed by atoms with E-state index in [9.17, 15) is 4.79 Å². The normalized spacial score (nSPS) is 10.5. The van der Waals surface area contributed by atoms with Gasteiger partial charge in [-0.2, -0.15) is 4.68 Å². The topological polar surface area (TPSA) is 89.6 Å². The lowest BCUT2D eigenvalue weighted by atomic mass is 10.1. The van der Waals surface area contributed by atoms with Crippen molar-refractivity contribution in [3.8, 4) is 17.1 Å². The molecule has 0 aliphatic carbocycles. The lowest BCUT2D eigenvalue weighted by Crippen LogP contribution is -2.17. The van der Waals surface area contributed by atoms with Gasteiger partial charge in [-0.25, -0.2) is 4.98 Å². The molecule has 3 N–H and O–H groups in total. The number of aromatic nitrogens is 4. The second-order valence-electron chi connectivity index (χ2n) is 3.97. The van der Waals surface area contributed by atoms with Crippen molar-refractivity contribution < 1.29 is 0 Å². The summed E-state index contributed by atoms with van der Waals surface area (Å²) in [6.45, 7) is 0. The second kappa shape index (κ2) is 4.41. The summed E-state index contributed by atoms with van der Waals surface area (Å²) in [6.07, 6.45) is 4.55. The first-order valence-corrected chi connectivity index (χ1v) is 5.69. The van der Waals surface area contributed by atoms with Crippen LogP contribution in [0.25, 0.3) is 17.1 Å². The highest BCUT2D eigenvalue weighted by Crippen LogP contribution is 2.21. The zero-order chi connectivity index (χ0) is 13.2. The third-order valence-electron chi connectivity index (χ3n) is 2.77. The average Bonchev–Trinajstić information content (AvgIpc) is 2.77. The minimum Gasteiger partial charge on any atom is -0.392 e. The minimum absolute atomic E-state index is 0.164. The number of nitrogens with one attached hydrogen (secondary N) is 1. The highest BCUT2D eigenvalue weighted by molar-refractivity contribution is 5.72. The zero-order valence-corrected chi connectivity index (χ0v) is 9.95. The van der Waals surface area contributed by atoms with Crippen LogP contribution >= 0.6 is 0 Å². The van der Waals surface area contributed by atoms with E-state index in [0.717, 1.165) is 5.56 Å². The van der Waals surface area contributed by atoms with Gasteiger partial charge in [0.15, 0.2) is 5.82 Å². The minimum atomic E-state index is -0.334. The molecule has 3 aromatic rings. The first-order chi connectivity index (χ1) is 9.27. The molecule has 19 heavy (non-hydrogen) atoms. The zero-order valence-electron chi connectivity index (χ0n) is 9.95. The molecule has 94 valence electrons. The van der Waals surface area contributed by atoms with E-state index in [4.69, 9.17) is 5.73 Å². The van der Waals surface area contributed by atoms with Crippen molar-refractivity contribution in [3.05, 3.63) is 59.3 Å². The number of nitrogens with zero attached hydrogens (tertiary/aromatic N) is 3.